The zero-order valence-corrected chi connectivity index (χ0v) is 44.7. The second kappa shape index (κ2) is 48.6. The lowest BCUT2D eigenvalue weighted by Gasteiger charge is -2.40. The minimum atomic E-state index is -1.61. The van der Waals surface area contributed by atoms with Gasteiger partial charge in [-0.1, -0.05) is 256 Å². The van der Waals surface area contributed by atoms with Crippen molar-refractivity contribution in [3.8, 4) is 0 Å². The van der Waals surface area contributed by atoms with E-state index in [1.54, 1.807) is 6.08 Å². The third kappa shape index (κ3) is 37.7. The summed E-state index contributed by atoms with van der Waals surface area (Å²) in [5.41, 5.74) is 0. The zero-order chi connectivity index (χ0) is 50.3. The molecule has 0 aromatic carbocycles. The fourth-order valence-electron chi connectivity index (χ4n) is 9.31. The lowest BCUT2D eigenvalue weighted by atomic mass is 9.99. The maximum absolute atomic E-state index is 13.1. The van der Waals surface area contributed by atoms with E-state index < -0.39 is 61.5 Å². The normalized spacial score (nSPS) is 20.1. The molecule has 0 aromatic rings. The highest BCUT2D eigenvalue weighted by molar-refractivity contribution is 5.80. The first kappa shape index (κ1) is 65.4. The molecule has 406 valence electrons. The van der Waals surface area contributed by atoms with Crippen molar-refractivity contribution in [3.05, 3.63) is 36.5 Å². The summed E-state index contributed by atoms with van der Waals surface area (Å²) in [4.78, 5) is 13.1. The van der Waals surface area contributed by atoms with E-state index in [0.29, 0.717) is 6.42 Å². The van der Waals surface area contributed by atoms with Crippen LogP contribution in [0.3, 0.4) is 0 Å². The van der Waals surface area contributed by atoms with Crippen LogP contribution in [0.25, 0.3) is 0 Å². The van der Waals surface area contributed by atoms with Gasteiger partial charge in [0.05, 0.1) is 25.4 Å². The molecular weight excluding hydrogens is 867 g/mol. The Morgan fingerprint density at radius 3 is 1.29 bits per heavy atom. The minimum absolute atomic E-state index is 0.304. The predicted molar refractivity (Wildman–Crippen MR) is 287 cm³/mol. The van der Waals surface area contributed by atoms with Crippen molar-refractivity contribution >= 4 is 5.91 Å². The van der Waals surface area contributed by atoms with Crippen molar-refractivity contribution in [2.75, 3.05) is 13.2 Å². The molecule has 0 aliphatic carbocycles. The number of allylic oxidation sites excluding steroid dienone is 5. The molecule has 1 heterocycles. The van der Waals surface area contributed by atoms with Crippen molar-refractivity contribution < 1.29 is 44.9 Å². The first-order valence-corrected chi connectivity index (χ1v) is 29.3. The number of carbonyl (C=O) groups excluding carboxylic acids is 1. The van der Waals surface area contributed by atoms with Crippen molar-refractivity contribution in [2.45, 2.75) is 320 Å². The maximum Gasteiger partial charge on any atom is 0.249 e. The molecule has 8 unspecified atom stereocenters. The van der Waals surface area contributed by atoms with E-state index in [4.69, 9.17) is 9.47 Å². The number of nitrogens with one attached hydrogen (secondary N) is 1. The Bertz CT molecular complexity index is 1200. The van der Waals surface area contributed by atoms with E-state index in [1.165, 1.54) is 199 Å². The van der Waals surface area contributed by atoms with Crippen molar-refractivity contribution in [1.82, 2.24) is 5.32 Å². The topological polar surface area (TPSA) is 169 Å². The summed E-state index contributed by atoms with van der Waals surface area (Å²) < 4.78 is 11.2. The van der Waals surface area contributed by atoms with Gasteiger partial charge < -0.3 is 45.4 Å². The molecule has 0 bridgehead atoms. The van der Waals surface area contributed by atoms with Crippen LogP contribution in [0.4, 0.5) is 0 Å². The highest BCUT2D eigenvalue weighted by Gasteiger charge is 2.44. The van der Waals surface area contributed by atoms with Gasteiger partial charge in [-0.2, -0.15) is 0 Å². The van der Waals surface area contributed by atoms with Crippen molar-refractivity contribution in [2.24, 2.45) is 0 Å². The molecule has 1 aliphatic rings. The Balaban J connectivity index is 2.15. The number of hydrogen-bond acceptors (Lipinski definition) is 9. The first-order chi connectivity index (χ1) is 33.8. The van der Waals surface area contributed by atoms with Gasteiger partial charge in [0.15, 0.2) is 6.29 Å². The van der Waals surface area contributed by atoms with E-state index in [0.717, 1.165) is 51.4 Å². The smallest absolute Gasteiger partial charge is 0.249 e. The molecule has 0 aromatic heterocycles. The molecule has 1 aliphatic heterocycles. The number of hydrogen-bond donors (Lipinski definition) is 7. The second-order valence-corrected chi connectivity index (χ2v) is 20.6. The van der Waals surface area contributed by atoms with Crippen LogP contribution in [0.15, 0.2) is 36.5 Å². The first-order valence-electron chi connectivity index (χ1n) is 29.3. The Morgan fingerprint density at radius 1 is 0.507 bits per heavy atom. The number of aliphatic hydroxyl groups is 6. The number of rotatable bonds is 50. The van der Waals surface area contributed by atoms with E-state index in [9.17, 15) is 35.4 Å². The Kier molecular flexibility index (Phi) is 46.1. The van der Waals surface area contributed by atoms with Crippen LogP contribution in [-0.2, 0) is 14.3 Å². The summed E-state index contributed by atoms with van der Waals surface area (Å²) in [6, 6.07) is -0.979. The van der Waals surface area contributed by atoms with E-state index >= 15 is 0 Å². The Morgan fingerprint density at radius 2 is 0.884 bits per heavy atom. The van der Waals surface area contributed by atoms with Crippen molar-refractivity contribution in [1.29, 1.82) is 0 Å². The fourth-order valence-corrected chi connectivity index (χ4v) is 9.31. The Labute approximate surface area is 424 Å². The van der Waals surface area contributed by atoms with Gasteiger partial charge >= 0.3 is 0 Å². The third-order valence-electron chi connectivity index (χ3n) is 14.1. The SMILES string of the molecule is CCCCCCCCCCC/C=C\C/C=C\CCCCCCCCCCCCCCCCCCC(O)C(=O)NC(COC1OC(CO)C(O)C(O)C1O)C(O)/C=C/CCCCCCCCCCCC. The number of aliphatic hydroxyl groups excluding tert-OH is 6. The summed E-state index contributed by atoms with van der Waals surface area (Å²) in [6.45, 7) is 3.62. The molecule has 1 rings (SSSR count). The number of amides is 1. The van der Waals surface area contributed by atoms with Gasteiger partial charge in [-0.3, -0.25) is 4.79 Å². The van der Waals surface area contributed by atoms with Crippen LogP contribution in [0, 0.1) is 0 Å². The molecule has 1 amide bonds. The van der Waals surface area contributed by atoms with Crippen LogP contribution in [0.2, 0.25) is 0 Å². The average molecular weight is 979 g/mol. The quantitative estimate of drug-likeness (QED) is 0.0232. The molecule has 1 saturated heterocycles. The molecule has 0 saturated carbocycles. The van der Waals surface area contributed by atoms with E-state index in [-0.39, 0.29) is 6.61 Å². The minimum Gasteiger partial charge on any atom is -0.394 e. The highest BCUT2D eigenvalue weighted by atomic mass is 16.7. The fraction of sp³-hybridized carbons (Fsp3) is 0.881. The van der Waals surface area contributed by atoms with Gasteiger partial charge in [0.1, 0.15) is 30.5 Å². The summed E-state index contributed by atoms with van der Waals surface area (Å²) in [5.74, 6) is -0.615. The summed E-state index contributed by atoms with van der Waals surface area (Å²) in [5, 5.41) is 64.9. The largest absolute Gasteiger partial charge is 0.394 e. The van der Waals surface area contributed by atoms with Crippen LogP contribution in [0.5, 0.6) is 0 Å². The van der Waals surface area contributed by atoms with Crippen LogP contribution >= 0.6 is 0 Å². The van der Waals surface area contributed by atoms with Crippen LogP contribution in [0.1, 0.15) is 271 Å². The van der Waals surface area contributed by atoms with Gasteiger partial charge in [-0.05, 0) is 51.4 Å². The van der Waals surface area contributed by atoms with E-state index in [1.807, 2.05) is 6.08 Å². The zero-order valence-electron chi connectivity index (χ0n) is 44.7. The lowest BCUT2D eigenvalue weighted by Crippen LogP contribution is -2.60. The van der Waals surface area contributed by atoms with E-state index in [2.05, 4.69) is 43.5 Å². The molecule has 0 spiro atoms. The lowest BCUT2D eigenvalue weighted by molar-refractivity contribution is -0.302. The summed E-state index contributed by atoms with van der Waals surface area (Å²) in [6.07, 6.45) is 52.7. The van der Waals surface area contributed by atoms with Gasteiger partial charge in [-0.25, -0.2) is 0 Å². The van der Waals surface area contributed by atoms with Gasteiger partial charge in [0.2, 0.25) is 5.91 Å². The Hall–Kier alpha value is -1.63. The molecule has 0 radical (unpaired) electrons. The molecule has 1 fully saturated rings. The van der Waals surface area contributed by atoms with Gasteiger partial charge in [0.25, 0.3) is 0 Å². The third-order valence-corrected chi connectivity index (χ3v) is 14.1. The van der Waals surface area contributed by atoms with Gasteiger partial charge in [0, 0.05) is 0 Å². The number of unbranched alkanes of at least 4 members (excludes halogenated alkanes) is 35. The standard InChI is InChI=1S/C59H111NO9/c1-3-5-7-9-11-13-15-17-18-19-20-21-22-23-24-25-26-27-28-29-30-31-32-33-34-35-36-38-40-42-44-46-48-53(63)58(67)60-51(50-68-59-57(66)56(65)55(64)54(49-61)69-59)52(62)47-45-43-41-39-37-16-14-12-10-8-6-4-2/h20-21,23-24,45,47,51-57,59,61-66H,3-19,22,25-44,46,48-50H2,1-2H3,(H,60,67)/b21-20-,24-23-,47-45+. The monoisotopic (exact) mass is 978 g/mol. The number of ether oxygens (including phenoxy) is 2. The van der Waals surface area contributed by atoms with Crippen LogP contribution < -0.4 is 5.32 Å². The molecule has 10 nitrogen and oxygen atoms in total. The second-order valence-electron chi connectivity index (χ2n) is 20.6. The summed E-state index contributed by atoms with van der Waals surface area (Å²) in [7, 11) is 0. The molecule has 8 atom stereocenters. The average Bonchev–Trinajstić information content (AvgIpc) is 3.35. The molecule has 7 N–H and O–H groups in total. The van der Waals surface area contributed by atoms with Crippen LogP contribution in [-0.4, -0.2) is 98.7 Å². The van der Waals surface area contributed by atoms with Gasteiger partial charge in [-0.15, -0.1) is 0 Å². The van der Waals surface area contributed by atoms with Crippen molar-refractivity contribution in [3.63, 3.8) is 0 Å². The molecule has 10 heteroatoms. The molecular formula is C59H111NO9. The maximum atomic E-state index is 13.1. The predicted octanol–water partition coefficient (Wildman–Crippen LogP) is 13.3. The molecule has 69 heavy (non-hydrogen) atoms. The number of carbonyl (C=O) groups is 1. The highest BCUT2D eigenvalue weighted by Crippen LogP contribution is 2.23. The summed E-state index contributed by atoms with van der Waals surface area (Å²) >= 11 is 0.